The van der Waals surface area contributed by atoms with Crippen LogP contribution in [0.25, 0.3) is 16.9 Å². The van der Waals surface area contributed by atoms with E-state index in [-0.39, 0.29) is 5.82 Å². The first-order valence-electron chi connectivity index (χ1n) is 8.03. The first-order valence-corrected chi connectivity index (χ1v) is 8.03. The van der Waals surface area contributed by atoms with E-state index in [0.29, 0.717) is 6.54 Å². The topological polar surface area (TPSA) is 55.1 Å². The van der Waals surface area contributed by atoms with Crippen LogP contribution in [-0.4, -0.2) is 26.1 Å². The van der Waals surface area contributed by atoms with Gasteiger partial charge in [0, 0.05) is 24.5 Å². The minimum absolute atomic E-state index is 0.215. The van der Waals surface area contributed by atoms with Crippen LogP contribution in [0.1, 0.15) is 5.56 Å². The molecule has 0 radical (unpaired) electrons. The molecular formula is C19H16FN5. The highest BCUT2D eigenvalue weighted by atomic mass is 19.1. The predicted octanol–water partition coefficient (Wildman–Crippen LogP) is 3.59. The van der Waals surface area contributed by atoms with Gasteiger partial charge in [0.05, 0.1) is 11.9 Å². The molecule has 0 saturated heterocycles. The molecule has 0 unspecified atom stereocenters. The van der Waals surface area contributed by atoms with E-state index >= 15 is 0 Å². The standard InChI is InChI=1S/C19H16FN5/c20-16-3-1-14(2-4-16)7-12-22-18-5-6-19-23-13-17(25(19)24-18)15-8-10-21-11-9-15/h1-6,8-11,13H,7,12H2,(H,22,24). The number of benzene rings is 1. The molecule has 4 aromatic rings. The molecule has 0 spiro atoms. The zero-order valence-corrected chi connectivity index (χ0v) is 13.4. The van der Waals surface area contributed by atoms with Crippen molar-refractivity contribution in [3.05, 3.63) is 78.5 Å². The van der Waals surface area contributed by atoms with Crippen LogP contribution in [0.15, 0.2) is 67.1 Å². The molecule has 0 aliphatic carbocycles. The average Bonchev–Trinajstić information content (AvgIpc) is 3.07. The summed E-state index contributed by atoms with van der Waals surface area (Å²) in [6, 6.07) is 14.2. The first-order chi connectivity index (χ1) is 12.3. The van der Waals surface area contributed by atoms with E-state index in [1.54, 1.807) is 30.7 Å². The van der Waals surface area contributed by atoms with E-state index in [9.17, 15) is 4.39 Å². The Kier molecular flexibility index (Phi) is 4.08. The number of rotatable bonds is 5. The van der Waals surface area contributed by atoms with Crippen molar-refractivity contribution in [2.24, 2.45) is 0 Å². The van der Waals surface area contributed by atoms with Crippen LogP contribution >= 0.6 is 0 Å². The first kappa shape index (κ1) is 15.3. The van der Waals surface area contributed by atoms with Crippen LogP contribution in [0.4, 0.5) is 10.2 Å². The second-order valence-electron chi connectivity index (χ2n) is 5.67. The van der Waals surface area contributed by atoms with Crippen molar-refractivity contribution in [2.75, 3.05) is 11.9 Å². The van der Waals surface area contributed by atoms with Gasteiger partial charge in [-0.15, -0.1) is 5.10 Å². The molecule has 5 nitrogen and oxygen atoms in total. The summed E-state index contributed by atoms with van der Waals surface area (Å²) in [7, 11) is 0. The van der Waals surface area contributed by atoms with E-state index in [1.807, 2.05) is 28.8 Å². The maximum Gasteiger partial charge on any atom is 0.154 e. The van der Waals surface area contributed by atoms with Crippen molar-refractivity contribution in [1.82, 2.24) is 19.6 Å². The van der Waals surface area contributed by atoms with Crippen LogP contribution in [0.2, 0.25) is 0 Å². The van der Waals surface area contributed by atoms with Crippen molar-refractivity contribution in [3.63, 3.8) is 0 Å². The second-order valence-corrected chi connectivity index (χ2v) is 5.67. The van der Waals surface area contributed by atoms with Crippen LogP contribution in [0.5, 0.6) is 0 Å². The van der Waals surface area contributed by atoms with Gasteiger partial charge in [0.1, 0.15) is 11.6 Å². The quantitative estimate of drug-likeness (QED) is 0.606. The summed E-state index contributed by atoms with van der Waals surface area (Å²) in [4.78, 5) is 8.43. The van der Waals surface area contributed by atoms with Gasteiger partial charge in [-0.3, -0.25) is 4.98 Å². The molecule has 124 valence electrons. The molecular weight excluding hydrogens is 317 g/mol. The largest absolute Gasteiger partial charge is 0.368 e. The number of nitrogens with one attached hydrogen (secondary N) is 1. The van der Waals surface area contributed by atoms with E-state index in [2.05, 4.69) is 20.4 Å². The lowest BCUT2D eigenvalue weighted by atomic mass is 10.1. The Balaban J connectivity index is 1.51. The van der Waals surface area contributed by atoms with Crippen LogP contribution in [-0.2, 0) is 6.42 Å². The fourth-order valence-electron chi connectivity index (χ4n) is 2.67. The lowest BCUT2D eigenvalue weighted by molar-refractivity contribution is 0.627. The fraction of sp³-hybridized carbons (Fsp3) is 0.105. The number of pyridine rings is 1. The van der Waals surface area contributed by atoms with E-state index in [4.69, 9.17) is 0 Å². The van der Waals surface area contributed by atoms with Crippen LogP contribution < -0.4 is 5.32 Å². The summed E-state index contributed by atoms with van der Waals surface area (Å²) in [6.07, 6.45) is 6.10. The lowest BCUT2D eigenvalue weighted by Gasteiger charge is -2.07. The smallest absolute Gasteiger partial charge is 0.154 e. The van der Waals surface area contributed by atoms with E-state index < -0.39 is 0 Å². The van der Waals surface area contributed by atoms with Crippen molar-refractivity contribution >= 4 is 11.5 Å². The van der Waals surface area contributed by atoms with Gasteiger partial charge in [-0.1, -0.05) is 12.1 Å². The SMILES string of the molecule is Fc1ccc(CCNc2ccc3ncc(-c4ccncc4)n3n2)cc1. The summed E-state index contributed by atoms with van der Waals surface area (Å²) >= 11 is 0. The van der Waals surface area contributed by atoms with Gasteiger partial charge >= 0.3 is 0 Å². The molecule has 0 bridgehead atoms. The minimum Gasteiger partial charge on any atom is -0.368 e. The molecule has 1 aromatic carbocycles. The van der Waals surface area contributed by atoms with Crippen molar-refractivity contribution in [1.29, 1.82) is 0 Å². The summed E-state index contributed by atoms with van der Waals surface area (Å²) < 4.78 is 14.7. The number of anilines is 1. The highest BCUT2D eigenvalue weighted by Gasteiger charge is 2.07. The molecule has 6 heteroatoms. The number of fused-ring (bicyclic) bond motifs is 1. The summed E-state index contributed by atoms with van der Waals surface area (Å²) in [6.45, 7) is 0.712. The molecule has 3 aromatic heterocycles. The van der Waals surface area contributed by atoms with Crippen molar-refractivity contribution in [3.8, 4) is 11.3 Å². The third kappa shape index (κ3) is 3.33. The molecule has 3 heterocycles. The maximum absolute atomic E-state index is 12.9. The summed E-state index contributed by atoms with van der Waals surface area (Å²) in [5, 5.41) is 7.92. The second kappa shape index (κ2) is 6.68. The highest BCUT2D eigenvalue weighted by molar-refractivity contribution is 5.63. The van der Waals surface area contributed by atoms with Gasteiger partial charge in [-0.25, -0.2) is 13.9 Å². The Hall–Kier alpha value is -3.28. The van der Waals surface area contributed by atoms with Gasteiger partial charge in [-0.05, 0) is 48.4 Å². The summed E-state index contributed by atoms with van der Waals surface area (Å²) in [5.74, 6) is 0.551. The Bertz CT molecular complexity index is 980. The Morgan fingerprint density at radius 1 is 0.960 bits per heavy atom. The lowest BCUT2D eigenvalue weighted by Crippen LogP contribution is -2.08. The number of nitrogens with zero attached hydrogens (tertiary/aromatic N) is 4. The van der Waals surface area contributed by atoms with Gasteiger partial charge in [0.2, 0.25) is 0 Å². The van der Waals surface area contributed by atoms with Gasteiger partial charge in [0.25, 0.3) is 0 Å². The Morgan fingerprint density at radius 3 is 2.56 bits per heavy atom. The number of aromatic nitrogens is 4. The molecule has 4 rings (SSSR count). The molecule has 1 N–H and O–H groups in total. The predicted molar refractivity (Wildman–Crippen MR) is 94.8 cm³/mol. The van der Waals surface area contributed by atoms with Gasteiger partial charge in [-0.2, -0.15) is 0 Å². The number of imidazole rings is 1. The molecule has 0 fully saturated rings. The molecule has 0 aliphatic rings. The van der Waals surface area contributed by atoms with Crippen LogP contribution in [0.3, 0.4) is 0 Å². The van der Waals surface area contributed by atoms with Gasteiger partial charge < -0.3 is 5.32 Å². The Morgan fingerprint density at radius 2 is 1.76 bits per heavy atom. The van der Waals surface area contributed by atoms with E-state index in [1.165, 1.54) is 12.1 Å². The average molecular weight is 333 g/mol. The minimum atomic E-state index is -0.215. The monoisotopic (exact) mass is 333 g/mol. The summed E-state index contributed by atoms with van der Waals surface area (Å²) in [5.41, 5.74) is 3.80. The molecule has 25 heavy (non-hydrogen) atoms. The zero-order chi connectivity index (χ0) is 17.1. The maximum atomic E-state index is 12.9. The molecule has 0 saturated carbocycles. The normalized spacial score (nSPS) is 10.9. The van der Waals surface area contributed by atoms with Gasteiger partial charge in [0.15, 0.2) is 5.65 Å². The van der Waals surface area contributed by atoms with E-state index in [0.717, 1.165) is 34.7 Å². The number of hydrogen-bond acceptors (Lipinski definition) is 4. The third-order valence-electron chi connectivity index (χ3n) is 3.97. The highest BCUT2D eigenvalue weighted by Crippen LogP contribution is 2.19. The fourth-order valence-corrected chi connectivity index (χ4v) is 2.67. The third-order valence-corrected chi connectivity index (χ3v) is 3.97. The van der Waals surface area contributed by atoms with Crippen LogP contribution in [0, 0.1) is 5.82 Å². The Labute approximate surface area is 144 Å². The molecule has 0 aliphatic heterocycles. The number of halogens is 1. The molecule has 0 amide bonds. The van der Waals surface area contributed by atoms with Crippen molar-refractivity contribution < 1.29 is 4.39 Å². The molecule has 0 atom stereocenters. The number of hydrogen-bond donors (Lipinski definition) is 1. The van der Waals surface area contributed by atoms with Crippen molar-refractivity contribution in [2.45, 2.75) is 6.42 Å². The zero-order valence-electron chi connectivity index (χ0n) is 13.4.